The number of hydrogen-bond donors (Lipinski definition) is 1. The maximum atomic E-state index is 3.71. The van der Waals surface area contributed by atoms with Crippen molar-refractivity contribution in [2.24, 2.45) is 11.8 Å². The van der Waals surface area contributed by atoms with E-state index in [1.807, 2.05) is 0 Å². The first kappa shape index (κ1) is 11.2. The van der Waals surface area contributed by atoms with E-state index in [4.69, 9.17) is 0 Å². The summed E-state index contributed by atoms with van der Waals surface area (Å²) >= 11 is 0. The summed E-state index contributed by atoms with van der Waals surface area (Å²) in [5.41, 5.74) is 1.71. The predicted molar refractivity (Wildman–Crippen MR) is 65.9 cm³/mol. The fraction of sp³-hybridized carbons (Fsp3) is 0.857. The summed E-state index contributed by atoms with van der Waals surface area (Å²) in [5, 5.41) is 3.71. The van der Waals surface area contributed by atoms with Gasteiger partial charge in [-0.15, -0.1) is 0 Å². The summed E-state index contributed by atoms with van der Waals surface area (Å²) in [6, 6.07) is 0.683. The van der Waals surface area contributed by atoms with E-state index in [0.29, 0.717) is 6.04 Å². The van der Waals surface area contributed by atoms with Crippen LogP contribution < -0.4 is 5.32 Å². The van der Waals surface area contributed by atoms with E-state index >= 15 is 0 Å². The van der Waals surface area contributed by atoms with Crippen LogP contribution in [0.5, 0.6) is 0 Å². The van der Waals surface area contributed by atoms with E-state index in [1.165, 1.54) is 38.5 Å². The Hall–Kier alpha value is -0.300. The third-order valence-corrected chi connectivity index (χ3v) is 4.04. The van der Waals surface area contributed by atoms with Crippen LogP contribution in [0.3, 0.4) is 0 Å². The van der Waals surface area contributed by atoms with Gasteiger partial charge in [0.1, 0.15) is 0 Å². The molecule has 2 aliphatic rings. The molecule has 2 aliphatic carbocycles. The Balaban J connectivity index is 1.99. The highest BCUT2D eigenvalue weighted by atomic mass is 14.9. The Kier molecular flexibility index (Phi) is 3.85. The monoisotopic (exact) mass is 207 g/mol. The van der Waals surface area contributed by atoms with E-state index in [2.05, 4.69) is 25.2 Å². The molecule has 0 aromatic rings. The van der Waals surface area contributed by atoms with Crippen LogP contribution in [-0.4, -0.2) is 12.6 Å². The molecule has 0 heterocycles. The zero-order valence-electron chi connectivity index (χ0n) is 10.3. The van der Waals surface area contributed by atoms with Crippen LogP contribution in [0.2, 0.25) is 0 Å². The van der Waals surface area contributed by atoms with Crippen molar-refractivity contribution < 1.29 is 0 Å². The van der Waals surface area contributed by atoms with Gasteiger partial charge in [0.2, 0.25) is 0 Å². The number of nitrogens with one attached hydrogen (secondary N) is 1. The van der Waals surface area contributed by atoms with Crippen molar-refractivity contribution in [2.75, 3.05) is 6.54 Å². The minimum atomic E-state index is 0.683. The molecule has 0 bridgehead atoms. The van der Waals surface area contributed by atoms with Crippen molar-refractivity contribution in [2.45, 2.75) is 58.4 Å². The molecule has 0 amide bonds. The molecular formula is C14H25N. The van der Waals surface area contributed by atoms with Crippen LogP contribution in [0.15, 0.2) is 11.6 Å². The van der Waals surface area contributed by atoms with E-state index in [1.54, 1.807) is 5.57 Å². The average molecular weight is 207 g/mol. The fourth-order valence-electron chi connectivity index (χ4n) is 2.91. The first-order valence-corrected chi connectivity index (χ1v) is 6.75. The molecule has 1 fully saturated rings. The van der Waals surface area contributed by atoms with Gasteiger partial charge in [-0.2, -0.15) is 0 Å². The summed E-state index contributed by atoms with van der Waals surface area (Å²) in [5.74, 6) is 1.87. The van der Waals surface area contributed by atoms with Gasteiger partial charge in [-0.3, -0.25) is 0 Å². The van der Waals surface area contributed by atoms with Crippen LogP contribution >= 0.6 is 0 Å². The standard InChI is InChI=1S/C14H25N/c1-3-15-14(11(2)12-9-10-12)13-7-5-4-6-8-13/h7,11-12,14-15H,3-6,8-10H2,1-2H3. The van der Waals surface area contributed by atoms with E-state index in [0.717, 1.165) is 18.4 Å². The Labute approximate surface area is 94.3 Å². The highest BCUT2D eigenvalue weighted by Crippen LogP contribution is 2.40. The lowest BCUT2D eigenvalue weighted by Crippen LogP contribution is -2.38. The minimum absolute atomic E-state index is 0.683. The minimum Gasteiger partial charge on any atom is -0.310 e. The van der Waals surface area contributed by atoms with Crippen LogP contribution in [-0.2, 0) is 0 Å². The number of rotatable bonds is 5. The smallest absolute Gasteiger partial charge is 0.0307 e. The maximum Gasteiger partial charge on any atom is 0.0307 e. The highest BCUT2D eigenvalue weighted by molar-refractivity contribution is 5.15. The van der Waals surface area contributed by atoms with Gasteiger partial charge in [-0.25, -0.2) is 0 Å². The molecular weight excluding hydrogens is 182 g/mol. The van der Waals surface area contributed by atoms with Crippen LogP contribution in [0.1, 0.15) is 52.4 Å². The lowest BCUT2D eigenvalue weighted by Gasteiger charge is -2.29. The molecule has 0 aromatic heterocycles. The van der Waals surface area contributed by atoms with Crippen molar-refractivity contribution in [1.82, 2.24) is 5.32 Å². The maximum absolute atomic E-state index is 3.71. The molecule has 0 radical (unpaired) electrons. The van der Waals surface area contributed by atoms with Gasteiger partial charge in [-0.1, -0.05) is 25.5 Å². The number of allylic oxidation sites excluding steroid dienone is 1. The average Bonchev–Trinajstić information content (AvgIpc) is 3.10. The van der Waals surface area contributed by atoms with Gasteiger partial charge in [0.15, 0.2) is 0 Å². The molecule has 2 unspecified atom stereocenters. The topological polar surface area (TPSA) is 12.0 Å². The summed E-state index contributed by atoms with van der Waals surface area (Å²) in [4.78, 5) is 0. The van der Waals surface area contributed by atoms with Crippen LogP contribution in [0.25, 0.3) is 0 Å². The van der Waals surface area contributed by atoms with Gasteiger partial charge < -0.3 is 5.32 Å². The first-order chi connectivity index (χ1) is 7.33. The molecule has 2 rings (SSSR count). The fourth-order valence-corrected chi connectivity index (χ4v) is 2.91. The normalized spacial score (nSPS) is 25.9. The Bertz CT molecular complexity index is 227. The summed E-state index contributed by atoms with van der Waals surface area (Å²) in [6.45, 7) is 5.79. The summed E-state index contributed by atoms with van der Waals surface area (Å²) in [6.07, 6.45) is 10.9. The molecule has 1 N–H and O–H groups in total. The second-order valence-corrected chi connectivity index (χ2v) is 5.26. The SMILES string of the molecule is CCNC(C1=CCCCC1)C(C)C1CC1. The third kappa shape index (κ3) is 2.84. The van der Waals surface area contributed by atoms with Crippen molar-refractivity contribution >= 4 is 0 Å². The second kappa shape index (κ2) is 5.16. The van der Waals surface area contributed by atoms with Gasteiger partial charge in [-0.05, 0) is 56.9 Å². The Morgan fingerprint density at radius 2 is 2.20 bits per heavy atom. The molecule has 15 heavy (non-hydrogen) atoms. The number of hydrogen-bond acceptors (Lipinski definition) is 1. The number of likely N-dealkylation sites (N-methyl/N-ethyl adjacent to an activating group) is 1. The largest absolute Gasteiger partial charge is 0.310 e. The second-order valence-electron chi connectivity index (χ2n) is 5.26. The lowest BCUT2D eigenvalue weighted by atomic mass is 9.85. The predicted octanol–water partition coefficient (Wildman–Crippen LogP) is 3.51. The molecule has 0 spiro atoms. The zero-order chi connectivity index (χ0) is 10.7. The Morgan fingerprint density at radius 1 is 1.40 bits per heavy atom. The highest BCUT2D eigenvalue weighted by Gasteiger charge is 2.34. The van der Waals surface area contributed by atoms with Gasteiger partial charge in [0.05, 0.1) is 0 Å². The van der Waals surface area contributed by atoms with E-state index < -0.39 is 0 Å². The zero-order valence-corrected chi connectivity index (χ0v) is 10.3. The molecule has 1 saturated carbocycles. The molecule has 86 valence electrons. The van der Waals surface area contributed by atoms with Gasteiger partial charge >= 0.3 is 0 Å². The van der Waals surface area contributed by atoms with Crippen molar-refractivity contribution in [1.29, 1.82) is 0 Å². The lowest BCUT2D eigenvalue weighted by molar-refractivity contribution is 0.372. The third-order valence-electron chi connectivity index (χ3n) is 4.04. The molecule has 0 aromatic carbocycles. The molecule has 0 saturated heterocycles. The van der Waals surface area contributed by atoms with Crippen LogP contribution in [0, 0.1) is 11.8 Å². The van der Waals surface area contributed by atoms with Crippen molar-refractivity contribution in [3.8, 4) is 0 Å². The van der Waals surface area contributed by atoms with Crippen LogP contribution in [0.4, 0.5) is 0 Å². The van der Waals surface area contributed by atoms with Gasteiger partial charge in [0, 0.05) is 6.04 Å². The molecule has 2 atom stereocenters. The first-order valence-electron chi connectivity index (χ1n) is 6.75. The van der Waals surface area contributed by atoms with Crippen molar-refractivity contribution in [3.05, 3.63) is 11.6 Å². The molecule has 1 nitrogen and oxygen atoms in total. The molecule has 1 heteroatoms. The quantitative estimate of drug-likeness (QED) is 0.680. The summed E-state index contributed by atoms with van der Waals surface area (Å²) < 4.78 is 0. The van der Waals surface area contributed by atoms with Crippen molar-refractivity contribution in [3.63, 3.8) is 0 Å². The molecule has 0 aliphatic heterocycles. The van der Waals surface area contributed by atoms with Gasteiger partial charge in [0.25, 0.3) is 0 Å². The van der Waals surface area contributed by atoms with E-state index in [-0.39, 0.29) is 0 Å². The summed E-state index contributed by atoms with van der Waals surface area (Å²) in [7, 11) is 0. The Morgan fingerprint density at radius 3 is 2.73 bits per heavy atom. The van der Waals surface area contributed by atoms with E-state index in [9.17, 15) is 0 Å².